The van der Waals surface area contributed by atoms with Crippen LogP contribution >= 0.6 is 0 Å². The van der Waals surface area contributed by atoms with E-state index in [1.807, 2.05) is 36.4 Å². The van der Waals surface area contributed by atoms with E-state index in [0.29, 0.717) is 24.2 Å². The van der Waals surface area contributed by atoms with Crippen LogP contribution in [0, 0.1) is 0 Å². The first-order valence-electron chi connectivity index (χ1n) is 13.7. The number of nitrogens with one attached hydrogen (secondary N) is 2. The summed E-state index contributed by atoms with van der Waals surface area (Å²) in [5.74, 6) is 0.0656. The van der Waals surface area contributed by atoms with Crippen LogP contribution in [0.2, 0.25) is 0 Å². The molecule has 0 heterocycles. The largest absolute Gasteiger partial charge is 0.307 e. The minimum Gasteiger partial charge on any atom is -0.307 e. The lowest BCUT2D eigenvalue weighted by Gasteiger charge is -2.20. The van der Waals surface area contributed by atoms with Gasteiger partial charge in [0.2, 0.25) is 0 Å². The lowest BCUT2D eigenvalue weighted by molar-refractivity contribution is 0.103. The number of rotatable bonds is 12. The average Bonchev–Trinajstić information content (AvgIpc) is 2.94. The quantitative estimate of drug-likeness (QED) is 0.197. The van der Waals surface area contributed by atoms with Crippen LogP contribution in [0.4, 0.5) is 0 Å². The van der Waals surface area contributed by atoms with Gasteiger partial charge < -0.3 is 10.6 Å². The van der Waals surface area contributed by atoms with Gasteiger partial charge in [0.1, 0.15) is 0 Å². The molecule has 0 saturated carbocycles. The van der Waals surface area contributed by atoms with Gasteiger partial charge in [0.05, 0.1) is 0 Å². The van der Waals surface area contributed by atoms with Gasteiger partial charge in [-0.15, -0.1) is 0 Å². The number of benzene rings is 4. The van der Waals surface area contributed by atoms with Gasteiger partial charge >= 0.3 is 0 Å². The Balaban J connectivity index is 1.28. The lowest BCUT2D eigenvalue weighted by atomic mass is 9.97. The van der Waals surface area contributed by atoms with Crippen molar-refractivity contribution in [3.8, 4) is 0 Å². The van der Waals surface area contributed by atoms with Gasteiger partial charge in [0.15, 0.2) is 5.78 Å². The second-order valence-corrected chi connectivity index (χ2v) is 10.5. The monoisotopic (exact) mass is 504 g/mol. The summed E-state index contributed by atoms with van der Waals surface area (Å²) in [7, 11) is 0. The van der Waals surface area contributed by atoms with E-state index in [-0.39, 0.29) is 5.78 Å². The van der Waals surface area contributed by atoms with E-state index >= 15 is 0 Å². The summed E-state index contributed by atoms with van der Waals surface area (Å²) in [4.78, 5) is 13.1. The molecule has 0 spiro atoms. The maximum Gasteiger partial charge on any atom is 0.193 e. The first-order chi connectivity index (χ1) is 18.4. The molecule has 196 valence electrons. The summed E-state index contributed by atoms with van der Waals surface area (Å²) in [5.41, 5.74) is 6.49. The predicted octanol–water partition coefficient (Wildman–Crippen LogP) is 7.48. The minimum absolute atomic E-state index is 0.0656. The number of carbonyl (C=O) groups is 1. The van der Waals surface area contributed by atoms with Crippen molar-refractivity contribution in [3.05, 3.63) is 143 Å². The third-order valence-electron chi connectivity index (χ3n) is 7.18. The van der Waals surface area contributed by atoms with E-state index in [9.17, 15) is 4.79 Å². The zero-order chi connectivity index (χ0) is 26.9. The molecule has 0 fully saturated rings. The topological polar surface area (TPSA) is 41.1 Å². The molecule has 0 aliphatic carbocycles. The standard InChI is InChI=1S/C35H40N2O/c1-25(36-27(3)31-11-7-5-8-12-31)23-29-15-19-33(20-16-29)35(38)34-21-17-30(18-22-34)24-26(2)37-28(4)32-13-9-6-10-14-32/h5-22,25-28,36-37H,23-24H2,1-4H3/t25?,26?,27-,28-/m1/s1. The van der Waals surface area contributed by atoms with Crippen molar-refractivity contribution in [1.82, 2.24) is 10.6 Å². The van der Waals surface area contributed by atoms with Crippen LogP contribution < -0.4 is 10.6 Å². The molecule has 0 aromatic heterocycles. The van der Waals surface area contributed by atoms with E-state index in [0.717, 1.165) is 24.0 Å². The summed E-state index contributed by atoms with van der Waals surface area (Å²) in [5, 5.41) is 7.35. The molecule has 0 aliphatic heterocycles. The smallest absolute Gasteiger partial charge is 0.193 e. The molecule has 4 aromatic carbocycles. The second-order valence-electron chi connectivity index (χ2n) is 10.5. The highest BCUT2D eigenvalue weighted by Crippen LogP contribution is 2.17. The van der Waals surface area contributed by atoms with Crippen LogP contribution in [0.25, 0.3) is 0 Å². The molecule has 0 aliphatic rings. The maximum atomic E-state index is 13.1. The molecule has 4 rings (SSSR count). The van der Waals surface area contributed by atoms with Gasteiger partial charge in [0, 0.05) is 35.3 Å². The first-order valence-corrected chi connectivity index (χ1v) is 13.7. The molecule has 3 heteroatoms. The van der Waals surface area contributed by atoms with Crippen molar-refractivity contribution in [2.24, 2.45) is 0 Å². The Kier molecular flexibility index (Phi) is 9.64. The van der Waals surface area contributed by atoms with Crippen LogP contribution in [0.3, 0.4) is 0 Å². The minimum atomic E-state index is 0.0656. The van der Waals surface area contributed by atoms with Crippen molar-refractivity contribution in [2.75, 3.05) is 0 Å². The number of hydrogen-bond acceptors (Lipinski definition) is 3. The van der Waals surface area contributed by atoms with Gasteiger partial charge in [0.25, 0.3) is 0 Å². The highest BCUT2D eigenvalue weighted by Gasteiger charge is 2.13. The Morgan fingerprint density at radius 1 is 0.526 bits per heavy atom. The number of ketones is 1. The van der Waals surface area contributed by atoms with Crippen molar-refractivity contribution >= 4 is 5.78 Å². The fraction of sp³-hybridized carbons (Fsp3) is 0.286. The highest BCUT2D eigenvalue weighted by atomic mass is 16.1. The van der Waals surface area contributed by atoms with Gasteiger partial charge in [-0.05, 0) is 62.8 Å². The summed E-state index contributed by atoms with van der Waals surface area (Å²) in [6.45, 7) is 8.81. The average molecular weight is 505 g/mol. The lowest BCUT2D eigenvalue weighted by Crippen LogP contribution is -2.30. The summed E-state index contributed by atoms with van der Waals surface area (Å²) >= 11 is 0. The van der Waals surface area contributed by atoms with Crippen LogP contribution in [0.5, 0.6) is 0 Å². The number of hydrogen-bond donors (Lipinski definition) is 2. The molecule has 0 bridgehead atoms. The molecule has 0 amide bonds. The Morgan fingerprint density at radius 3 is 1.21 bits per heavy atom. The molecule has 38 heavy (non-hydrogen) atoms. The Labute approximate surface area is 228 Å². The third-order valence-corrected chi connectivity index (χ3v) is 7.18. The molecule has 2 unspecified atom stereocenters. The molecule has 3 nitrogen and oxygen atoms in total. The van der Waals surface area contributed by atoms with Crippen molar-refractivity contribution in [3.63, 3.8) is 0 Å². The van der Waals surface area contributed by atoms with Gasteiger partial charge in [-0.1, -0.05) is 109 Å². The fourth-order valence-corrected chi connectivity index (χ4v) is 5.11. The molecule has 0 radical (unpaired) electrons. The second kappa shape index (κ2) is 13.3. The Hall–Kier alpha value is -3.53. The van der Waals surface area contributed by atoms with E-state index < -0.39 is 0 Å². The molecular formula is C35H40N2O. The predicted molar refractivity (Wildman–Crippen MR) is 159 cm³/mol. The SMILES string of the molecule is CC(Cc1ccc(C(=O)c2ccc(CC(C)N[C@H](C)c3ccccc3)cc2)cc1)N[C@H](C)c1ccccc1. The fourth-order valence-electron chi connectivity index (χ4n) is 5.11. The Morgan fingerprint density at radius 2 is 0.868 bits per heavy atom. The van der Waals surface area contributed by atoms with Crippen LogP contribution in [-0.2, 0) is 12.8 Å². The van der Waals surface area contributed by atoms with E-state index in [4.69, 9.17) is 0 Å². The zero-order valence-corrected chi connectivity index (χ0v) is 23.0. The number of carbonyl (C=O) groups excluding carboxylic acids is 1. The van der Waals surface area contributed by atoms with E-state index in [2.05, 4.69) is 111 Å². The van der Waals surface area contributed by atoms with Crippen LogP contribution in [0.1, 0.15) is 78.0 Å². The molecule has 0 saturated heterocycles. The normalized spacial score (nSPS) is 14.4. The summed E-state index contributed by atoms with van der Waals surface area (Å²) in [6, 6.07) is 38.4. The maximum absolute atomic E-state index is 13.1. The van der Waals surface area contributed by atoms with E-state index in [1.165, 1.54) is 22.3 Å². The first kappa shape index (κ1) is 27.5. The van der Waals surface area contributed by atoms with Crippen molar-refractivity contribution in [2.45, 2.75) is 64.7 Å². The third kappa shape index (κ3) is 7.74. The molecule has 4 atom stereocenters. The highest BCUT2D eigenvalue weighted by molar-refractivity contribution is 6.09. The molecular weight excluding hydrogens is 464 g/mol. The summed E-state index contributed by atoms with van der Waals surface area (Å²) in [6.07, 6.45) is 1.82. The summed E-state index contributed by atoms with van der Waals surface area (Å²) < 4.78 is 0. The van der Waals surface area contributed by atoms with Crippen LogP contribution in [-0.4, -0.2) is 17.9 Å². The Bertz CT molecular complexity index is 1170. The van der Waals surface area contributed by atoms with E-state index in [1.54, 1.807) is 0 Å². The van der Waals surface area contributed by atoms with Crippen LogP contribution in [0.15, 0.2) is 109 Å². The van der Waals surface area contributed by atoms with Gasteiger partial charge in [-0.3, -0.25) is 4.79 Å². The van der Waals surface area contributed by atoms with Crippen molar-refractivity contribution < 1.29 is 4.79 Å². The van der Waals surface area contributed by atoms with Gasteiger partial charge in [-0.25, -0.2) is 0 Å². The molecule has 4 aromatic rings. The van der Waals surface area contributed by atoms with Crippen molar-refractivity contribution in [1.29, 1.82) is 0 Å². The van der Waals surface area contributed by atoms with Gasteiger partial charge in [-0.2, -0.15) is 0 Å². The molecule has 2 N–H and O–H groups in total. The zero-order valence-electron chi connectivity index (χ0n) is 23.0.